The van der Waals surface area contributed by atoms with Crippen LogP contribution in [0.15, 0.2) is 28.8 Å². The predicted octanol–water partition coefficient (Wildman–Crippen LogP) is 0.0371. The van der Waals surface area contributed by atoms with Gasteiger partial charge in [-0.05, 0) is 12.1 Å². The van der Waals surface area contributed by atoms with Gasteiger partial charge in [-0.1, -0.05) is 11.2 Å². The highest BCUT2D eigenvalue weighted by atomic mass is 32.2. The molecule has 1 saturated heterocycles. The zero-order chi connectivity index (χ0) is 25.2. The second-order valence-electron chi connectivity index (χ2n) is 7.86. The minimum absolute atomic E-state index is 0.0792. The van der Waals surface area contributed by atoms with Crippen LogP contribution in [-0.2, 0) is 16.6 Å². The Bertz CT molecular complexity index is 1340. The van der Waals surface area contributed by atoms with Crippen LogP contribution in [0, 0.1) is 0 Å². The van der Waals surface area contributed by atoms with Gasteiger partial charge in [-0.25, -0.2) is 8.42 Å². The zero-order valence-corrected chi connectivity index (χ0v) is 19.9. The number of methoxy groups -OCH3 is 1. The molecule has 0 unspecified atom stereocenters. The van der Waals surface area contributed by atoms with Crippen LogP contribution in [0.3, 0.4) is 0 Å². The third kappa shape index (κ3) is 5.47. The first-order chi connectivity index (χ1) is 16.7. The maximum absolute atomic E-state index is 11.7. The van der Waals surface area contributed by atoms with Crippen LogP contribution >= 0.6 is 0 Å². The summed E-state index contributed by atoms with van der Waals surface area (Å²) >= 11 is 0. The third-order valence-electron chi connectivity index (χ3n) is 5.40. The molecule has 186 valence electrons. The molecule has 1 aliphatic rings. The van der Waals surface area contributed by atoms with Gasteiger partial charge in [0.2, 0.25) is 21.7 Å². The largest absolute Gasteiger partial charge is 0.494 e. The van der Waals surface area contributed by atoms with Crippen molar-refractivity contribution in [1.29, 1.82) is 0 Å². The van der Waals surface area contributed by atoms with Gasteiger partial charge in [0.1, 0.15) is 5.82 Å². The first kappa shape index (κ1) is 24.3. The summed E-state index contributed by atoms with van der Waals surface area (Å²) in [4.78, 5) is 18.3. The van der Waals surface area contributed by atoms with Crippen LogP contribution in [0.1, 0.15) is 16.4 Å². The summed E-state index contributed by atoms with van der Waals surface area (Å²) in [5, 5.41) is 14.6. The number of amides is 1. The van der Waals surface area contributed by atoms with Crippen molar-refractivity contribution in [2.45, 2.75) is 6.54 Å². The number of nitrogens with zero attached hydrogens (tertiary/aromatic N) is 6. The van der Waals surface area contributed by atoms with E-state index < -0.39 is 15.9 Å². The van der Waals surface area contributed by atoms with Crippen LogP contribution in [0.5, 0.6) is 5.75 Å². The van der Waals surface area contributed by atoms with Crippen molar-refractivity contribution in [3.63, 3.8) is 0 Å². The number of piperazine rings is 1. The fourth-order valence-electron chi connectivity index (χ4n) is 3.70. The Kier molecular flexibility index (Phi) is 6.81. The van der Waals surface area contributed by atoms with E-state index in [-0.39, 0.29) is 17.2 Å². The van der Waals surface area contributed by atoms with Crippen LogP contribution in [0.2, 0.25) is 0 Å². The van der Waals surface area contributed by atoms with Gasteiger partial charge in [0.05, 0.1) is 36.8 Å². The van der Waals surface area contributed by atoms with Gasteiger partial charge in [-0.3, -0.25) is 9.69 Å². The third-order valence-corrected chi connectivity index (χ3v) is 6.71. The Morgan fingerprint density at radius 1 is 1.20 bits per heavy atom. The molecule has 0 bridgehead atoms. The monoisotopic (exact) mass is 503 g/mol. The molecule has 0 atom stereocenters. The second-order valence-corrected chi connectivity index (χ2v) is 9.84. The van der Waals surface area contributed by atoms with Crippen LogP contribution in [0.25, 0.3) is 11.4 Å². The minimum atomic E-state index is -3.20. The number of carbonyl (C=O) groups excluding carboxylic acids is 1. The molecule has 0 saturated carbocycles. The predicted molar refractivity (Wildman–Crippen MR) is 126 cm³/mol. The molecule has 1 aromatic carbocycles. The van der Waals surface area contributed by atoms with Crippen molar-refractivity contribution in [2.24, 2.45) is 5.73 Å². The van der Waals surface area contributed by atoms with E-state index in [2.05, 4.69) is 25.7 Å². The molecule has 0 aliphatic carbocycles. The first-order valence-electron chi connectivity index (χ1n) is 10.5. The number of aromatic nitrogens is 4. The van der Waals surface area contributed by atoms with Gasteiger partial charge >= 0.3 is 0 Å². The number of primary amides is 1. The summed E-state index contributed by atoms with van der Waals surface area (Å²) in [6.07, 6.45) is 1.21. The van der Waals surface area contributed by atoms with Crippen molar-refractivity contribution < 1.29 is 22.5 Å². The van der Waals surface area contributed by atoms with E-state index in [0.29, 0.717) is 61.4 Å². The summed E-state index contributed by atoms with van der Waals surface area (Å²) in [5.41, 5.74) is 12.3. The molecule has 5 N–H and O–H groups in total. The molecular formula is C20H25N9O5S. The number of hydrogen-bond acceptors (Lipinski definition) is 12. The lowest BCUT2D eigenvalue weighted by Crippen LogP contribution is -2.47. The van der Waals surface area contributed by atoms with Gasteiger partial charge in [0.15, 0.2) is 11.4 Å². The standard InChI is InChI=1S/C20H25N9O5S/c1-33-18-12(4-3-5-13(18)23-14-10-15(21)25-26-17(14)19(22)30)20-24-16(34-27-20)11-28-6-8-29(9-7-28)35(2,31)32/h3-5,10H,6-9,11H2,1-2H3,(H2,22,30)(H3,21,23,25). The average Bonchev–Trinajstić information content (AvgIpc) is 3.27. The molecule has 4 rings (SSSR count). The fraction of sp³-hybridized carbons (Fsp3) is 0.350. The molecule has 1 amide bonds. The number of benzene rings is 1. The van der Waals surface area contributed by atoms with E-state index in [1.165, 1.54) is 23.7 Å². The number of carbonyl (C=O) groups is 1. The number of para-hydroxylation sites is 1. The molecule has 35 heavy (non-hydrogen) atoms. The highest BCUT2D eigenvalue weighted by Gasteiger charge is 2.25. The number of sulfonamides is 1. The number of ether oxygens (including phenoxy) is 1. The molecule has 0 spiro atoms. The lowest BCUT2D eigenvalue weighted by molar-refractivity contribution is 0.0995. The quantitative estimate of drug-likeness (QED) is 0.374. The highest BCUT2D eigenvalue weighted by molar-refractivity contribution is 7.88. The molecule has 1 aliphatic heterocycles. The summed E-state index contributed by atoms with van der Waals surface area (Å²) in [7, 11) is -1.72. The maximum Gasteiger partial charge on any atom is 0.271 e. The van der Waals surface area contributed by atoms with Crippen LogP contribution in [-0.4, -0.2) is 83.4 Å². The molecular weight excluding hydrogens is 478 g/mol. The lowest BCUT2D eigenvalue weighted by Gasteiger charge is -2.32. The van der Waals surface area contributed by atoms with E-state index in [1.807, 2.05) is 4.90 Å². The lowest BCUT2D eigenvalue weighted by atomic mass is 10.1. The van der Waals surface area contributed by atoms with Gasteiger partial charge in [-0.2, -0.15) is 9.29 Å². The number of nitrogens with two attached hydrogens (primary N) is 2. The summed E-state index contributed by atoms with van der Waals surface area (Å²) in [6, 6.07) is 6.68. The summed E-state index contributed by atoms with van der Waals surface area (Å²) < 4.78 is 35.9. The zero-order valence-electron chi connectivity index (χ0n) is 19.1. The van der Waals surface area contributed by atoms with Crippen molar-refractivity contribution in [3.05, 3.63) is 35.9 Å². The molecule has 15 heteroatoms. The Morgan fingerprint density at radius 2 is 1.94 bits per heavy atom. The second kappa shape index (κ2) is 9.81. The van der Waals surface area contributed by atoms with Gasteiger partial charge in [0, 0.05) is 32.2 Å². The van der Waals surface area contributed by atoms with E-state index in [1.54, 1.807) is 18.2 Å². The summed E-state index contributed by atoms with van der Waals surface area (Å²) in [5.74, 6) is 0.420. The van der Waals surface area contributed by atoms with Crippen molar-refractivity contribution in [2.75, 3.05) is 50.6 Å². The molecule has 2 aromatic heterocycles. The van der Waals surface area contributed by atoms with Crippen molar-refractivity contribution >= 4 is 33.1 Å². The molecule has 3 aromatic rings. The number of nitrogens with one attached hydrogen (secondary N) is 1. The van der Waals surface area contributed by atoms with Gasteiger partial charge in [0.25, 0.3) is 5.91 Å². The van der Waals surface area contributed by atoms with E-state index >= 15 is 0 Å². The smallest absolute Gasteiger partial charge is 0.271 e. The average molecular weight is 504 g/mol. The van der Waals surface area contributed by atoms with Crippen LogP contribution < -0.4 is 21.5 Å². The minimum Gasteiger partial charge on any atom is -0.494 e. The number of rotatable bonds is 8. The molecule has 1 fully saturated rings. The van der Waals surface area contributed by atoms with Gasteiger partial charge in [-0.15, -0.1) is 10.2 Å². The van der Waals surface area contributed by atoms with E-state index in [0.717, 1.165) is 0 Å². The number of nitrogen functional groups attached to an aromatic ring is 1. The van der Waals surface area contributed by atoms with E-state index in [4.69, 9.17) is 20.7 Å². The SMILES string of the molecule is COc1c(Nc2cc(N)nnc2C(N)=O)cccc1-c1noc(CN2CCN(S(C)(=O)=O)CC2)n1. The van der Waals surface area contributed by atoms with Crippen LogP contribution in [0.4, 0.5) is 17.2 Å². The van der Waals surface area contributed by atoms with Gasteiger partial charge < -0.3 is 26.0 Å². The molecule has 14 nitrogen and oxygen atoms in total. The van der Waals surface area contributed by atoms with Crippen molar-refractivity contribution in [3.8, 4) is 17.1 Å². The topological polar surface area (TPSA) is 196 Å². The molecule has 0 radical (unpaired) electrons. The Morgan fingerprint density at radius 3 is 2.60 bits per heavy atom. The Hall–Kier alpha value is -3.82. The number of hydrogen-bond donors (Lipinski definition) is 3. The first-order valence-corrected chi connectivity index (χ1v) is 12.4. The number of anilines is 3. The highest BCUT2D eigenvalue weighted by Crippen LogP contribution is 2.37. The molecule has 3 heterocycles. The Labute approximate surface area is 201 Å². The van der Waals surface area contributed by atoms with Crippen molar-refractivity contribution in [1.82, 2.24) is 29.5 Å². The maximum atomic E-state index is 11.7. The normalized spacial score (nSPS) is 15.1. The summed E-state index contributed by atoms with van der Waals surface area (Å²) in [6.45, 7) is 2.30. The fourth-order valence-corrected chi connectivity index (χ4v) is 4.53. The Balaban J connectivity index is 1.54. The van der Waals surface area contributed by atoms with E-state index in [9.17, 15) is 13.2 Å².